The molecule has 1 aromatic rings. The maximum atomic E-state index is 12.5. The predicted octanol–water partition coefficient (Wildman–Crippen LogP) is 0.480. The lowest BCUT2D eigenvalue weighted by molar-refractivity contribution is -0.364. The Balaban J connectivity index is 1.95. The van der Waals surface area contributed by atoms with Crippen molar-refractivity contribution in [2.24, 2.45) is 5.16 Å². The van der Waals surface area contributed by atoms with Gasteiger partial charge in [-0.15, -0.1) is 0 Å². The zero-order valence-electron chi connectivity index (χ0n) is 10.3. The van der Waals surface area contributed by atoms with E-state index >= 15 is 0 Å². The van der Waals surface area contributed by atoms with Gasteiger partial charge < -0.3 is 14.7 Å². The summed E-state index contributed by atoms with van der Waals surface area (Å²) in [6, 6.07) is 0.777. The number of hydrogen-bond acceptors (Lipinski definition) is 5. The summed E-state index contributed by atoms with van der Waals surface area (Å²) in [4.78, 5) is 17.8. The van der Waals surface area contributed by atoms with Gasteiger partial charge in [-0.1, -0.05) is 16.8 Å². The first-order chi connectivity index (χ1) is 9.77. The number of aliphatic carboxylic acids is 1. The number of hydrogen-bond donors (Lipinski definition) is 1. The third kappa shape index (κ3) is 3.75. The first kappa shape index (κ1) is 15.4. The van der Waals surface area contributed by atoms with Gasteiger partial charge >= 0.3 is 6.18 Å². The summed E-state index contributed by atoms with van der Waals surface area (Å²) < 4.78 is 37.4. The number of nitrogens with zero attached hydrogens (tertiary/aromatic N) is 1. The summed E-state index contributed by atoms with van der Waals surface area (Å²) in [5.74, 6) is -1.26. The molecule has 10 heteroatoms. The summed E-state index contributed by atoms with van der Waals surface area (Å²) in [5, 5.41) is 16.4. The molecule has 0 saturated heterocycles. The lowest BCUT2D eigenvalue weighted by atomic mass is 10.2. The Morgan fingerprint density at radius 2 is 2.33 bits per heavy atom. The van der Waals surface area contributed by atoms with Crippen molar-refractivity contribution in [2.75, 3.05) is 11.9 Å². The van der Waals surface area contributed by atoms with Crippen LogP contribution in [0.5, 0.6) is 0 Å². The van der Waals surface area contributed by atoms with E-state index in [0.717, 1.165) is 12.3 Å². The van der Waals surface area contributed by atoms with Gasteiger partial charge in [-0.05, 0) is 6.07 Å². The minimum atomic E-state index is -4.50. The van der Waals surface area contributed by atoms with Crippen LogP contribution in [-0.2, 0) is 15.8 Å². The van der Waals surface area contributed by atoms with Crippen molar-refractivity contribution in [1.82, 2.24) is 0 Å². The van der Waals surface area contributed by atoms with Crippen LogP contribution in [0.25, 0.3) is 0 Å². The zero-order valence-corrected chi connectivity index (χ0v) is 11.1. The van der Waals surface area contributed by atoms with Crippen molar-refractivity contribution in [2.45, 2.75) is 18.7 Å². The van der Waals surface area contributed by atoms with Crippen molar-refractivity contribution in [3.63, 3.8) is 0 Å². The Hall–Kier alpha value is -2.03. The van der Waals surface area contributed by atoms with Gasteiger partial charge in [0.25, 0.3) is 5.82 Å². The van der Waals surface area contributed by atoms with Gasteiger partial charge in [0.15, 0.2) is 6.10 Å². The van der Waals surface area contributed by atoms with Crippen molar-refractivity contribution in [1.29, 1.82) is 0 Å². The largest absolute Gasteiger partial charge is 0.543 e. The maximum absolute atomic E-state index is 12.5. The molecule has 2 rings (SSSR count). The van der Waals surface area contributed by atoms with Crippen molar-refractivity contribution in [3.05, 3.63) is 22.8 Å². The second-order valence-electron chi connectivity index (χ2n) is 4.25. The van der Waals surface area contributed by atoms with Crippen LogP contribution < -0.4 is 15.4 Å². The molecule has 0 aromatic carbocycles. The minimum absolute atomic E-state index is 0.0353. The van der Waals surface area contributed by atoms with E-state index in [-0.39, 0.29) is 29.5 Å². The summed E-state index contributed by atoms with van der Waals surface area (Å²) in [7, 11) is 0. The molecule has 0 radical (unpaired) electrons. The number of carboxylic acids is 1. The average Bonchev–Trinajstić information content (AvgIpc) is 2.85. The first-order valence-electron chi connectivity index (χ1n) is 5.73. The number of halogens is 4. The van der Waals surface area contributed by atoms with E-state index in [9.17, 15) is 23.1 Å². The number of aromatic amines is 1. The summed E-state index contributed by atoms with van der Waals surface area (Å²) >= 11 is 5.73. The average molecular weight is 324 g/mol. The van der Waals surface area contributed by atoms with Crippen LogP contribution in [0.1, 0.15) is 12.0 Å². The molecule has 0 unspecified atom stereocenters. The van der Waals surface area contributed by atoms with Gasteiger partial charge in [0, 0.05) is 6.42 Å². The third-order valence-electron chi connectivity index (χ3n) is 2.70. The SMILES string of the molecule is O=C([O-])C1=NO[C@H](CNc2[nH+]cc(C(F)(F)F)cc2Cl)C1. The number of oxime groups is 1. The molecule has 21 heavy (non-hydrogen) atoms. The Morgan fingerprint density at radius 3 is 2.86 bits per heavy atom. The van der Waals surface area contributed by atoms with Crippen LogP contribution in [-0.4, -0.2) is 24.3 Å². The molecule has 1 aliphatic heterocycles. The topological polar surface area (TPSA) is 87.9 Å². The van der Waals surface area contributed by atoms with Crippen molar-refractivity contribution in [3.8, 4) is 0 Å². The second kappa shape index (κ2) is 5.76. The Labute approximate surface area is 121 Å². The number of carboxylic acid groups (broad SMARTS) is 1. The highest BCUT2D eigenvalue weighted by Gasteiger charge is 2.33. The molecular formula is C11H9ClF3N3O3. The van der Waals surface area contributed by atoms with Gasteiger partial charge in [0.1, 0.15) is 23.5 Å². The van der Waals surface area contributed by atoms with E-state index in [4.69, 9.17) is 16.4 Å². The Morgan fingerprint density at radius 1 is 1.62 bits per heavy atom. The van der Waals surface area contributed by atoms with Gasteiger partial charge in [-0.3, -0.25) is 5.32 Å². The van der Waals surface area contributed by atoms with E-state index in [2.05, 4.69) is 15.5 Å². The van der Waals surface area contributed by atoms with Gasteiger partial charge in [0.2, 0.25) is 0 Å². The lowest BCUT2D eigenvalue weighted by Gasteiger charge is -2.08. The molecule has 0 spiro atoms. The fourth-order valence-corrected chi connectivity index (χ4v) is 1.88. The van der Waals surface area contributed by atoms with Crippen molar-refractivity contribution < 1.29 is 32.9 Å². The molecule has 0 fully saturated rings. The molecule has 1 aliphatic rings. The zero-order chi connectivity index (χ0) is 15.6. The fraction of sp³-hybridized carbons (Fsp3) is 0.364. The molecule has 0 amide bonds. The highest BCUT2D eigenvalue weighted by atomic mass is 35.5. The van der Waals surface area contributed by atoms with E-state index in [0.29, 0.717) is 0 Å². The summed E-state index contributed by atoms with van der Waals surface area (Å²) in [5.41, 5.74) is -1.12. The number of nitrogens with one attached hydrogen (secondary N) is 2. The van der Waals surface area contributed by atoms with Gasteiger partial charge in [-0.2, -0.15) is 13.2 Å². The number of pyridine rings is 1. The van der Waals surface area contributed by atoms with E-state index in [1.807, 2.05) is 0 Å². The molecule has 0 saturated carbocycles. The molecular weight excluding hydrogens is 315 g/mol. The Kier molecular flexibility index (Phi) is 4.21. The second-order valence-corrected chi connectivity index (χ2v) is 4.65. The van der Waals surface area contributed by atoms with Crippen LogP contribution in [0, 0.1) is 0 Å². The van der Waals surface area contributed by atoms with Crippen LogP contribution in [0.3, 0.4) is 0 Å². The number of rotatable bonds is 4. The molecule has 2 N–H and O–H groups in total. The molecule has 1 atom stereocenters. The lowest BCUT2D eigenvalue weighted by Crippen LogP contribution is -2.32. The molecule has 1 aromatic heterocycles. The number of alkyl halides is 3. The minimum Gasteiger partial charge on any atom is -0.543 e. The number of carbonyl (C=O) groups excluding carboxylic acids is 1. The molecule has 6 nitrogen and oxygen atoms in total. The standard InChI is InChI=1S/C11H9ClF3N3O3/c12-7-1-5(11(13,14)15)3-16-9(7)17-4-6-2-8(10(19)20)18-21-6/h1,3,6H,2,4H2,(H,16,17)(H,19,20)/t6-/m0/s1. The number of H-pyrrole nitrogens is 1. The molecule has 0 aliphatic carbocycles. The van der Waals surface area contributed by atoms with Crippen LogP contribution in [0.2, 0.25) is 5.02 Å². The van der Waals surface area contributed by atoms with Crippen LogP contribution in [0.4, 0.5) is 19.0 Å². The predicted molar refractivity (Wildman–Crippen MR) is 63.4 cm³/mol. The monoisotopic (exact) mass is 323 g/mol. The van der Waals surface area contributed by atoms with Gasteiger partial charge in [-0.25, -0.2) is 4.98 Å². The highest BCUT2D eigenvalue weighted by Crippen LogP contribution is 2.31. The normalized spacial score (nSPS) is 18.1. The third-order valence-corrected chi connectivity index (χ3v) is 2.99. The van der Waals surface area contributed by atoms with Crippen LogP contribution in [0.15, 0.2) is 17.4 Å². The van der Waals surface area contributed by atoms with Crippen LogP contribution >= 0.6 is 11.6 Å². The maximum Gasteiger partial charge on any atom is 0.419 e. The molecule has 0 bridgehead atoms. The van der Waals surface area contributed by atoms with E-state index in [1.165, 1.54) is 0 Å². The highest BCUT2D eigenvalue weighted by molar-refractivity contribution is 6.35. The summed E-state index contributed by atoms with van der Waals surface area (Å²) in [6.45, 7) is 0.113. The van der Waals surface area contributed by atoms with Crippen molar-refractivity contribution >= 4 is 29.1 Å². The first-order valence-corrected chi connectivity index (χ1v) is 6.11. The summed E-state index contributed by atoms with van der Waals surface area (Å²) in [6.07, 6.45) is -4.25. The molecule has 114 valence electrons. The quantitative estimate of drug-likeness (QED) is 0.873. The van der Waals surface area contributed by atoms with Gasteiger partial charge in [0.05, 0.1) is 11.5 Å². The number of aromatic nitrogens is 1. The van der Waals surface area contributed by atoms with E-state index < -0.39 is 23.8 Å². The smallest absolute Gasteiger partial charge is 0.419 e. The number of carbonyl (C=O) groups is 1. The number of anilines is 1. The Bertz CT molecular complexity index is 592. The van der Waals surface area contributed by atoms with E-state index in [1.54, 1.807) is 0 Å². The molecule has 2 heterocycles. The fourth-order valence-electron chi connectivity index (χ4n) is 1.64.